The van der Waals surface area contributed by atoms with Gasteiger partial charge in [-0.3, -0.25) is 9.00 Å². The molecule has 0 saturated heterocycles. The number of aryl methyl sites for hydroxylation is 1. The maximum absolute atomic E-state index is 14.3. The number of nitrogens with one attached hydrogen (secondary N) is 2. The van der Waals surface area contributed by atoms with Gasteiger partial charge >= 0.3 is 0 Å². The van der Waals surface area contributed by atoms with Crippen LogP contribution in [0.5, 0.6) is 11.5 Å². The summed E-state index contributed by atoms with van der Waals surface area (Å²) in [4.78, 5) is 15.5. The van der Waals surface area contributed by atoms with Crippen molar-refractivity contribution < 1.29 is 27.0 Å². The molecule has 0 radical (unpaired) electrons. The molecule has 2 N–H and O–H groups in total. The van der Waals surface area contributed by atoms with Crippen molar-refractivity contribution in [2.24, 2.45) is 7.05 Å². The molecule has 0 spiro atoms. The third-order valence-corrected chi connectivity index (χ3v) is 5.75. The highest BCUT2D eigenvalue weighted by atomic mass is 32.2. The minimum Gasteiger partial charge on any atom is -0.760 e. The molecule has 0 amide bonds. The first-order valence-corrected chi connectivity index (χ1v) is 11.2. The molecule has 178 valence electrons. The van der Waals surface area contributed by atoms with Crippen LogP contribution in [0.2, 0.25) is 0 Å². The molecular formula is C23H20F2N3O5S-. The van der Waals surface area contributed by atoms with Gasteiger partial charge in [0, 0.05) is 66.9 Å². The largest absolute Gasteiger partial charge is 0.760 e. The van der Waals surface area contributed by atoms with Crippen LogP contribution in [0.3, 0.4) is 0 Å². The number of pyridine rings is 1. The number of ether oxygens (including phenoxy) is 2. The van der Waals surface area contributed by atoms with E-state index < -0.39 is 29.0 Å². The van der Waals surface area contributed by atoms with Gasteiger partial charge in [0.05, 0.1) is 6.10 Å². The van der Waals surface area contributed by atoms with Crippen molar-refractivity contribution in [3.63, 3.8) is 0 Å². The fourth-order valence-electron chi connectivity index (χ4n) is 3.69. The Hall–Kier alpha value is -3.38. The van der Waals surface area contributed by atoms with Crippen LogP contribution in [0.15, 0.2) is 59.7 Å². The van der Waals surface area contributed by atoms with Crippen molar-refractivity contribution in [2.75, 3.05) is 13.7 Å². The van der Waals surface area contributed by atoms with Crippen LogP contribution in [0.25, 0.3) is 22.0 Å². The second-order valence-electron chi connectivity index (χ2n) is 7.47. The van der Waals surface area contributed by atoms with Crippen LogP contribution in [-0.4, -0.2) is 32.0 Å². The fraction of sp³-hybridized carbons (Fsp3) is 0.174. The number of fused-ring (bicyclic) bond motifs is 1. The van der Waals surface area contributed by atoms with Crippen molar-refractivity contribution in [3.05, 3.63) is 82.4 Å². The zero-order valence-corrected chi connectivity index (χ0v) is 18.9. The Morgan fingerprint density at radius 3 is 2.62 bits per heavy atom. The van der Waals surface area contributed by atoms with Crippen LogP contribution < -0.4 is 15.0 Å². The Morgan fingerprint density at radius 1 is 1.15 bits per heavy atom. The summed E-state index contributed by atoms with van der Waals surface area (Å²) in [6, 6.07) is 9.66. The maximum atomic E-state index is 14.3. The minimum atomic E-state index is -2.48. The number of nitrogens with zero attached hydrogens (tertiary/aromatic N) is 1. The summed E-state index contributed by atoms with van der Waals surface area (Å²) in [6.45, 7) is -0.0221. The molecule has 8 nitrogen and oxygen atoms in total. The number of hydrogen-bond acceptors (Lipinski definition) is 5. The lowest BCUT2D eigenvalue weighted by atomic mass is 9.98. The lowest BCUT2D eigenvalue weighted by Gasteiger charge is -2.20. The molecule has 2 atom stereocenters. The molecule has 0 aliphatic heterocycles. The number of benzene rings is 2. The molecule has 0 fully saturated rings. The lowest BCUT2D eigenvalue weighted by Crippen LogP contribution is -2.24. The van der Waals surface area contributed by atoms with Crippen LogP contribution in [-0.2, 0) is 23.1 Å². The first-order chi connectivity index (χ1) is 16.3. The molecule has 34 heavy (non-hydrogen) atoms. The van der Waals surface area contributed by atoms with E-state index in [4.69, 9.17) is 9.47 Å². The summed E-state index contributed by atoms with van der Waals surface area (Å²) >= 11 is -2.48. The quantitative estimate of drug-likeness (QED) is 0.368. The number of aromatic amines is 1. The molecule has 2 unspecified atom stereocenters. The Bertz CT molecular complexity index is 1440. The second-order valence-corrected chi connectivity index (χ2v) is 8.22. The minimum absolute atomic E-state index is 0.0221. The van der Waals surface area contributed by atoms with Gasteiger partial charge in [-0.05, 0) is 35.9 Å². The van der Waals surface area contributed by atoms with E-state index >= 15 is 0 Å². The lowest BCUT2D eigenvalue weighted by molar-refractivity contribution is 0.107. The zero-order chi connectivity index (χ0) is 24.4. The van der Waals surface area contributed by atoms with Gasteiger partial charge in [0.15, 0.2) is 11.6 Å². The van der Waals surface area contributed by atoms with E-state index in [-0.39, 0.29) is 23.6 Å². The molecule has 4 aromatic rings. The van der Waals surface area contributed by atoms with Gasteiger partial charge in [0.2, 0.25) is 0 Å². The summed E-state index contributed by atoms with van der Waals surface area (Å²) in [7, 11) is 3.04. The Morgan fingerprint density at radius 2 is 1.91 bits per heavy atom. The highest BCUT2D eigenvalue weighted by molar-refractivity contribution is 7.77. The summed E-state index contributed by atoms with van der Waals surface area (Å²) in [5, 5.41) is 0.609. The summed E-state index contributed by atoms with van der Waals surface area (Å²) in [5.74, 6) is -1.55. The monoisotopic (exact) mass is 488 g/mol. The number of aromatic nitrogens is 2. The molecule has 2 aromatic carbocycles. The van der Waals surface area contributed by atoms with Gasteiger partial charge in [-0.1, -0.05) is 6.07 Å². The third kappa shape index (κ3) is 4.77. The van der Waals surface area contributed by atoms with Crippen molar-refractivity contribution in [3.8, 4) is 22.6 Å². The predicted octanol–water partition coefficient (Wildman–Crippen LogP) is 3.68. The Kier molecular flexibility index (Phi) is 6.89. The highest BCUT2D eigenvalue weighted by Crippen LogP contribution is 2.39. The summed E-state index contributed by atoms with van der Waals surface area (Å²) in [5.41, 5.74) is 1.85. The van der Waals surface area contributed by atoms with Gasteiger partial charge in [0.1, 0.15) is 17.1 Å². The van der Waals surface area contributed by atoms with Gasteiger partial charge < -0.3 is 23.6 Å². The molecule has 0 aliphatic carbocycles. The number of methoxy groups -OCH3 is 1. The van der Waals surface area contributed by atoms with E-state index in [1.807, 2.05) is 0 Å². The average molecular weight is 488 g/mol. The van der Waals surface area contributed by atoms with E-state index in [0.717, 1.165) is 12.1 Å². The predicted molar refractivity (Wildman–Crippen MR) is 122 cm³/mol. The number of halogens is 2. The van der Waals surface area contributed by atoms with E-state index in [2.05, 4.69) is 9.71 Å². The molecule has 11 heteroatoms. The van der Waals surface area contributed by atoms with Crippen LogP contribution in [0.1, 0.15) is 11.7 Å². The van der Waals surface area contributed by atoms with Crippen molar-refractivity contribution in [1.82, 2.24) is 14.3 Å². The van der Waals surface area contributed by atoms with Crippen LogP contribution in [0.4, 0.5) is 8.78 Å². The molecule has 0 saturated carbocycles. The number of H-pyrrole nitrogens is 1. The van der Waals surface area contributed by atoms with E-state index in [1.165, 1.54) is 17.7 Å². The van der Waals surface area contributed by atoms with Gasteiger partial charge in [-0.15, -0.1) is 0 Å². The third-order valence-electron chi connectivity index (χ3n) is 5.34. The molecule has 4 rings (SSSR count). The fourth-order valence-corrected chi connectivity index (χ4v) is 3.98. The van der Waals surface area contributed by atoms with Gasteiger partial charge in [-0.2, -0.15) is 0 Å². The van der Waals surface area contributed by atoms with Crippen molar-refractivity contribution >= 4 is 22.2 Å². The first kappa shape index (κ1) is 23.8. The topological polar surface area (TPSA) is 108 Å². The zero-order valence-electron chi connectivity index (χ0n) is 18.1. The molecule has 2 aromatic heterocycles. The Balaban J connectivity index is 1.89. The second kappa shape index (κ2) is 9.85. The SMILES string of the molecule is COC(CNS(=O)[O-])c1ccc(Oc2ccc(F)cc2F)c(-c2cn(C)c(=O)c3[nH]ccc23)c1. The molecule has 0 aliphatic rings. The molecule has 2 heterocycles. The molecule has 0 bridgehead atoms. The molecular weight excluding hydrogens is 468 g/mol. The van der Waals surface area contributed by atoms with Gasteiger partial charge in [-0.25, -0.2) is 13.5 Å². The van der Waals surface area contributed by atoms with E-state index in [0.29, 0.717) is 27.6 Å². The summed E-state index contributed by atoms with van der Waals surface area (Å²) < 4.78 is 64.6. The summed E-state index contributed by atoms with van der Waals surface area (Å²) in [6.07, 6.45) is 2.62. The van der Waals surface area contributed by atoms with Crippen LogP contribution >= 0.6 is 0 Å². The van der Waals surface area contributed by atoms with Crippen molar-refractivity contribution in [2.45, 2.75) is 6.10 Å². The highest BCUT2D eigenvalue weighted by Gasteiger charge is 2.19. The standard InChI is InChI=1S/C23H21F2N3O5S/c1-28-12-17(15-7-8-26-22(15)23(28)29)16-9-13(21(32-2)11-27-34(30)31)3-5-19(16)33-20-6-4-14(24)10-18(20)25/h3-10,12,21,26-27H,11H2,1-2H3,(H,30,31)/p-1. The van der Waals surface area contributed by atoms with E-state index in [9.17, 15) is 22.3 Å². The average Bonchev–Trinajstić information content (AvgIpc) is 3.29. The van der Waals surface area contributed by atoms with E-state index in [1.54, 1.807) is 43.7 Å². The number of hydrogen-bond donors (Lipinski definition) is 2. The maximum Gasteiger partial charge on any atom is 0.274 e. The Labute approximate surface area is 195 Å². The smallest absolute Gasteiger partial charge is 0.274 e. The van der Waals surface area contributed by atoms with Crippen molar-refractivity contribution in [1.29, 1.82) is 0 Å². The van der Waals surface area contributed by atoms with Gasteiger partial charge in [0.25, 0.3) is 5.56 Å². The normalized spacial score (nSPS) is 13.2. The first-order valence-electron chi connectivity index (χ1n) is 10.1. The van der Waals surface area contributed by atoms with Crippen LogP contribution in [0, 0.1) is 11.6 Å². The number of rotatable bonds is 8.